The van der Waals surface area contributed by atoms with E-state index in [0.29, 0.717) is 5.92 Å². The van der Waals surface area contributed by atoms with Crippen molar-refractivity contribution in [1.82, 2.24) is 9.78 Å². The zero-order valence-electron chi connectivity index (χ0n) is 20.6. The summed E-state index contributed by atoms with van der Waals surface area (Å²) >= 11 is 0. The molecule has 1 heterocycles. The van der Waals surface area contributed by atoms with Crippen molar-refractivity contribution in [3.8, 4) is 5.69 Å². The van der Waals surface area contributed by atoms with Crippen molar-refractivity contribution in [1.29, 1.82) is 0 Å². The van der Waals surface area contributed by atoms with E-state index in [1.54, 1.807) is 11.6 Å². The van der Waals surface area contributed by atoms with Crippen LogP contribution in [0.2, 0.25) is 0 Å². The largest absolute Gasteiger partial charge is 0.400 e. The number of aryl methyl sites for hydroxylation is 1. The summed E-state index contributed by atoms with van der Waals surface area (Å²) in [4.78, 5) is 0. The third kappa shape index (κ3) is 5.55. The Kier molecular flexibility index (Phi) is 8.85. The van der Waals surface area contributed by atoms with Crippen LogP contribution in [0.15, 0.2) is 59.8 Å². The van der Waals surface area contributed by atoms with Crippen molar-refractivity contribution in [2.75, 3.05) is 13.8 Å². The molecule has 33 heavy (non-hydrogen) atoms. The first-order valence-corrected chi connectivity index (χ1v) is 12.2. The van der Waals surface area contributed by atoms with Crippen molar-refractivity contribution in [2.24, 2.45) is 11.3 Å². The Hall–Kier alpha value is -2.46. The molecule has 0 saturated heterocycles. The highest BCUT2D eigenvalue weighted by atomic mass is 19.1. The second-order valence-electron chi connectivity index (χ2n) is 9.47. The van der Waals surface area contributed by atoms with Crippen LogP contribution in [0.25, 0.3) is 11.8 Å². The number of aliphatic hydroxyl groups is 1. The molecule has 178 valence electrons. The first kappa shape index (κ1) is 25.2. The van der Waals surface area contributed by atoms with Crippen LogP contribution in [0.5, 0.6) is 0 Å². The molecule has 2 aliphatic carbocycles. The van der Waals surface area contributed by atoms with Crippen molar-refractivity contribution in [3.05, 3.63) is 76.7 Å². The Balaban J connectivity index is 0.00000149. The molecule has 2 aromatic rings. The summed E-state index contributed by atoms with van der Waals surface area (Å²) in [6, 6.07) is 8.63. The summed E-state index contributed by atoms with van der Waals surface area (Å²) in [6.07, 6.45) is 18.4. The van der Waals surface area contributed by atoms with Gasteiger partial charge in [-0.25, -0.2) is 9.07 Å². The molecule has 1 fully saturated rings. The molecule has 0 radical (unpaired) electrons. The Morgan fingerprint density at radius 3 is 2.70 bits per heavy atom. The average molecular weight is 451 g/mol. The van der Waals surface area contributed by atoms with E-state index in [9.17, 15) is 4.39 Å². The molecule has 2 aliphatic rings. The highest BCUT2D eigenvalue weighted by Gasteiger charge is 2.42. The molecule has 0 aliphatic heterocycles. The van der Waals surface area contributed by atoms with Gasteiger partial charge in [0.15, 0.2) is 0 Å². The van der Waals surface area contributed by atoms with E-state index in [1.165, 1.54) is 48.1 Å². The van der Waals surface area contributed by atoms with Gasteiger partial charge in [-0.1, -0.05) is 54.0 Å². The molecular weight excluding hydrogens is 411 g/mol. The molecule has 3 nitrogen and oxygen atoms in total. The lowest BCUT2D eigenvalue weighted by atomic mass is 9.58. The Bertz CT molecular complexity index is 999. The number of hydrogen-bond acceptors (Lipinski definition) is 2. The molecule has 2 unspecified atom stereocenters. The van der Waals surface area contributed by atoms with Gasteiger partial charge in [-0.15, -0.1) is 0 Å². The molecule has 0 spiro atoms. The minimum Gasteiger partial charge on any atom is -0.400 e. The number of halogens is 1. The topological polar surface area (TPSA) is 38.0 Å². The van der Waals surface area contributed by atoms with Gasteiger partial charge in [0.1, 0.15) is 6.67 Å². The van der Waals surface area contributed by atoms with E-state index >= 15 is 0 Å². The van der Waals surface area contributed by atoms with E-state index < -0.39 is 0 Å². The van der Waals surface area contributed by atoms with Gasteiger partial charge in [0.2, 0.25) is 0 Å². The van der Waals surface area contributed by atoms with Crippen molar-refractivity contribution in [3.63, 3.8) is 0 Å². The fourth-order valence-corrected chi connectivity index (χ4v) is 5.52. The molecule has 2 atom stereocenters. The van der Waals surface area contributed by atoms with Gasteiger partial charge in [0.05, 0.1) is 17.6 Å². The number of rotatable bonds is 7. The van der Waals surface area contributed by atoms with Crippen LogP contribution in [0.4, 0.5) is 4.39 Å². The van der Waals surface area contributed by atoms with Crippen LogP contribution in [0.1, 0.15) is 69.2 Å². The quantitative estimate of drug-likeness (QED) is 0.454. The van der Waals surface area contributed by atoms with Crippen LogP contribution in [0.3, 0.4) is 0 Å². The van der Waals surface area contributed by atoms with E-state index in [1.807, 2.05) is 6.08 Å². The van der Waals surface area contributed by atoms with Crippen LogP contribution in [-0.2, 0) is 6.42 Å². The predicted molar refractivity (Wildman–Crippen MR) is 136 cm³/mol. The SMILES string of the molecule is C/C=C(\C/C=C\CF)CCC1CCCC2=Cc3c(cnn3-c3ccc(C)cc3)CC21C.CO. The van der Waals surface area contributed by atoms with E-state index in [2.05, 4.69) is 68.1 Å². The minimum atomic E-state index is -0.371. The van der Waals surface area contributed by atoms with Gasteiger partial charge in [0, 0.05) is 7.11 Å². The van der Waals surface area contributed by atoms with Gasteiger partial charge in [-0.2, -0.15) is 5.10 Å². The first-order valence-electron chi connectivity index (χ1n) is 12.2. The number of nitrogens with zero attached hydrogens (tertiary/aromatic N) is 2. The van der Waals surface area contributed by atoms with E-state index in [0.717, 1.165) is 32.1 Å². The lowest BCUT2D eigenvalue weighted by Gasteiger charge is -2.46. The molecule has 1 aromatic carbocycles. The number of aliphatic hydroxyl groups excluding tert-OH is 1. The summed E-state index contributed by atoms with van der Waals surface area (Å²) in [5.74, 6) is 0.684. The summed E-state index contributed by atoms with van der Waals surface area (Å²) < 4.78 is 14.5. The second kappa shape index (κ2) is 11.6. The summed E-state index contributed by atoms with van der Waals surface area (Å²) in [7, 11) is 1.00. The summed E-state index contributed by atoms with van der Waals surface area (Å²) in [5, 5.41) is 11.8. The van der Waals surface area contributed by atoms with Crippen LogP contribution in [0, 0.1) is 18.3 Å². The number of hydrogen-bond donors (Lipinski definition) is 1. The fraction of sp³-hybridized carbons (Fsp3) is 0.483. The summed E-state index contributed by atoms with van der Waals surface area (Å²) in [6.45, 7) is 6.34. The molecule has 1 N–H and O–H groups in total. The monoisotopic (exact) mass is 450 g/mol. The number of fused-ring (bicyclic) bond motifs is 2. The third-order valence-electron chi connectivity index (χ3n) is 7.52. The van der Waals surface area contributed by atoms with Gasteiger partial charge in [-0.3, -0.25) is 0 Å². The number of alkyl halides is 1. The molecule has 4 heteroatoms. The minimum absolute atomic E-state index is 0.222. The van der Waals surface area contributed by atoms with Gasteiger partial charge in [0.25, 0.3) is 0 Å². The summed E-state index contributed by atoms with van der Waals surface area (Å²) in [5.41, 5.74) is 8.29. The zero-order chi connectivity index (χ0) is 23.8. The molecule has 0 amide bonds. The lowest BCUT2D eigenvalue weighted by molar-refractivity contribution is 0.170. The van der Waals surface area contributed by atoms with Crippen LogP contribution < -0.4 is 0 Å². The number of benzene rings is 1. The molecular formula is C29H39FN2O. The maximum atomic E-state index is 12.4. The fourth-order valence-electron chi connectivity index (χ4n) is 5.52. The van der Waals surface area contributed by atoms with E-state index in [-0.39, 0.29) is 12.1 Å². The average Bonchev–Trinajstić information content (AvgIpc) is 3.23. The van der Waals surface area contributed by atoms with Crippen LogP contribution >= 0.6 is 0 Å². The Labute approximate surface area is 198 Å². The maximum absolute atomic E-state index is 12.4. The van der Waals surface area contributed by atoms with Crippen molar-refractivity contribution in [2.45, 2.75) is 65.7 Å². The van der Waals surface area contributed by atoms with Gasteiger partial charge in [-0.05, 0) is 93.9 Å². The standard InChI is InChI=1S/C28H35FN2.CH4O/c1-4-22(8-5-6-17-29)13-14-24-9-7-10-25-18-27-23(19-28(24,25)3)20-30-31(27)26-15-11-21(2)12-16-26;1-2/h4-6,11-12,15-16,18,20,24H,7-10,13-14,17,19H2,1-3H3;2H,1H3/b6-5-,22-4+;. The van der Waals surface area contributed by atoms with Gasteiger partial charge >= 0.3 is 0 Å². The zero-order valence-corrected chi connectivity index (χ0v) is 20.6. The second-order valence-corrected chi connectivity index (χ2v) is 9.47. The van der Waals surface area contributed by atoms with Crippen molar-refractivity contribution >= 4 is 6.08 Å². The van der Waals surface area contributed by atoms with Gasteiger partial charge < -0.3 is 5.11 Å². The van der Waals surface area contributed by atoms with Crippen LogP contribution in [-0.4, -0.2) is 28.7 Å². The first-order chi connectivity index (χ1) is 16.0. The number of allylic oxidation sites excluding steroid dienone is 5. The smallest absolute Gasteiger partial charge is 0.108 e. The number of aromatic nitrogens is 2. The highest BCUT2D eigenvalue weighted by molar-refractivity contribution is 5.61. The lowest BCUT2D eigenvalue weighted by Crippen LogP contribution is -2.37. The predicted octanol–water partition coefficient (Wildman–Crippen LogP) is 7.18. The molecule has 1 saturated carbocycles. The highest BCUT2D eigenvalue weighted by Crippen LogP contribution is 2.52. The Morgan fingerprint density at radius 1 is 1.24 bits per heavy atom. The molecule has 1 aromatic heterocycles. The van der Waals surface area contributed by atoms with E-state index in [4.69, 9.17) is 10.2 Å². The normalized spacial score (nSPS) is 22.3. The Morgan fingerprint density at radius 2 is 2.00 bits per heavy atom. The maximum Gasteiger partial charge on any atom is 0.108 e. The molecule has 0 bridgehead atoms. The van der Waals surface area contributed by atoms with Crippen molar-refractivity contribution < 1.29 is 9.50 Å². The third-order valence-corrected chi connectivity index (χ3v) is 7.52. The molecule has 4 rings (SSSR count).